The number of anilines is 1. The Bertz CT molecular complexity index is 1300. The van der Waals surface area contributed by atoms with Crippen LogP contribution >= 0.6 is 11.8 Å². The Labute approximate surface area is 210 Å². The van der Waals surface area contributed by atoms with E-state index in [-0.39, 0.29) is 5.91 Å². The number of hydrogen-bond donors (Lipinski definition) is 0. The molecular formula is C28H29N5OS. The van der Waals surface area contributed by atoms with Gasteiger partial charge >= 0.3 is 0 Å². The van der Waals surface area contributed by atoms with Gasteiger partial charge in [-0.15, -0.1) is 10.2 Å². The van der Waals surface area contributed by atoms with E-state index in [0.717, 1.165) is 48.4 Å². The molecule has 2 heterocycles. The summed E-state index contributed by atoms with van der Waals surface area (Å²) in [5.41, 5.74) is 5.86. The van der Waals surface area contributed by atoms with Crippen LogP contribution in [-0.4, -0.2) is 57.5 Å². The largest absolute Gasteiger partial charge is 0.368 e. The first kappa shape index (κ1) is 23.2. The number of carbonyl (C=O) groups excluding carboxylic acids is 1. The Balaban J connectivity index is 1.27. The summed E-state index contributed by atoms with van der Waals surface area (Å²) in [6.45, 7) is 7.47. The molecule has 0 N–H and O–H groups in total. The number of aromatic nitrogens is 3. The summed E-state index contributed by atoms with van der Waals surface area (Å²) >= 11 is 1.45. The fourth-order valence-electron chi connectivity index (χ4n) is 4.44. The molecule has 1 aromatic heterocycles. The van der Waals surface area contributed by atoms with Gasteiger partial charge in [0.25, 0.3) is 0 Å². The van der Waals surface area contributed by atoms with E-state index in [0.29, 0.717) is 5.75 Å². The highest BCUT2D eigenvalue weighted by Gasteiger charge is 2.24. The molecule has 0 atom stereocenters. The van der Waals surface area contributed by atoms with Crippen molar-refractivity contribution in [3.05, 3.63) is 90.0 Å². The zero-order valence-electron chi connectivity index (χ0n) is 20.1. The van der Waals surface area contributed by atoms with Gasteiger partial charge in [0.1, 0.15) is 0 Å². The van der Waals surface area contributed by atoms with Gasteiger partial charge in [0, 0.05) is 43.1 Å². The number of aryl methyl sites for hydroxylation is 1. The van der Waals surface area contributed by atoms with Crippen molar-refractivity contribution in [1.29, 1.82) is 0 Å². The fourth-order valence-corrected chi connectivity index (χ4v) is 5.29. The zero-order valence-corrected chi connectivity index (χ0v) is 20.9. The van der Waals surface area contributed by atoms with Crippen LogP contribution in [0.3, 0.4) is 0 Å². The van der Waals surface area contributed by atoms with E-state index < -0.39 is 0 Å². The third-order valence-corrected chi connectivity index (χ3v) is 7.47. The van der Waals surface area contributed by atoms with E-state index in [4.69, 9.17) is 0 Å². The van der Waals surface area contributed by atoms with Gasteiger partial charge in [-0.3, -0.25) is 9.36 Å². The van der Waals surface area contributed by atoms with E-state index in [2.05, 4.69) is 47.1 Å². The van der Waals surface area contributed by atoms with Gasteiger partial charge in [-0.1, -0.05) is 72.4 Å². The first-order valence-corrected chi connectivity index (χ1v) is 12.9. The first-order chi connectivity index (χ1) is 17.1. The number of benzene rings is 3. The van der Waals surface area contributed by atoms with Crippen LogP contribution in [0.25, 0.3) is 17.1 Å². The summed E-state index contributed by atoms with van der Waals surface area (Å²) in [4.78, 5) is 17.4. The molecule has 35 heavy (non-hydrogen) atoms. The normalized spacial score (nSPS) is 13.8. The average Bonchev–Trinajstić information content (AvgIpc) is 3.34. The molecule has 7 heteroatoms. The van der Waals surface area contributed by atoms with Crippen molar-refractivity contribution in [3.63, 3.8) is 0 Å². The molecule has 3 aromatic carbocycles. The molecule has 6 nitrogen and oxygen atoms in total. The maximum Gasteiger partial charge on any atom is 0.233 e. The van der Waals surface area contributed by atoms with E-state index in [1.54, 1.807) is 0 Å². The molecule has 5 rings (SSSR count). The standard InChI is InChI=1S/C28H29N5OS/c1-21-10-9-15-25(22(21)2)31-16-18-32(19-17-31)26(34)20-35-28-30-29-27(23-11-5-3-6-12-23)33(28)24-13-7-4-8-14-24/h3-15H,16-20H2,1-2H3. The molecule has 1 aliphatic rings. The number of para-hydroxylation sites is 1. The van der Waals surface area contributed by atoms with Crippen LogP contribution in [0.4, 0.5) is 5.69 Å². The van der Waals surface area contributed by atoms with E-state index in [1.807, 2.05) is 70.1 Å². The van der Waals surface area contributed by atoms with Crippen LogP contribution in [0.2, 0.25) is 0 Å². The molecule has 0 aliphatic carbocycles. The summed E-state index contributed by atoms with van der Waals surface area (Å²) in [6.07, 6.45) is 0. The van der Waals surface area contributed by atoms with E-state index >= 15 is 0 Å². The highest BCUT2D eigenvalue weighted by molar-refractivity contribution is 7.99. The summed E-state index contributed by atoms with van der Waals surface area (Å²) < 4.78 is 2.03. The molecule has 0 bridgehead atoms. The second-order valence-corrected chi connectivity index (χ2v) is 9.66. The molecular weight excluding hydrogens is 454 g/mol. The van der Waals surface area contributed by atoms with Crippen molar-refractivity contribution in [2.24, 2.45) is 0 Å². The first-order valence-electron chi connectivity index (χ1n) is 11.9. The summed E-state index contributed by atoms with van der Waals surface area (Å²) in [7, 11) is 0. The topological polar surface area (TPSA) is 54.3 Å². The molecule has 1 fully saturated rings. The second kappa shape index (κ2) is 10.4. The lowest BCUT2D eigenvalue weighted by Crippen LogP contribution is -2.49. The molecule has 1 saturated heterocycles. The van der Waals surface area contributed by atoms with Crippen molar-refractivity contribution in [2.75, 3.05) is 36.8 Å². The lowest BCUT2D eigenvalue weighted by molar-refractivity contribution is -0.128. The maximum atomic E-state index is 13.1. The quantitative estimate of drug-likeness (QED) is 0.362. The van der Waals surface area contributed by atoms with Crippen molar-refractivity contribution in [3.8, 4) is 17.1 Å². The molecule has 1 aliphatic heterocycles. The molecule has 1 amide bonds. The minimum absolute atomic E-state index is 0.138. The van der Waals surface area contributed by atoms with Crippen LogP contribution in [0.5, 0.6) is 0 Å². The van der Waals surface area contributed by atoms with Crippen LogP contribution in [0.15, 0.2) is 84.0 Å². The number of nitrogens with zero attached hydrogens (tertiary/aromatic N) is 5. The zero-order chi connectivity index (χ0) is 24.2. The molecule has 4 aromatic rings. The van der Waals surface area contributed by atoms with Crippen LogP contribution in [-0.2, 0) is 4.79 Å². The van der Waals surface area contributed by atoms with Gasteiger partial charge in [-0.2, -0.15) is 0 Å². The number of thioether (sulfide) groups is 1. The Kier molecular flexibility index (Phi) is 6.86. The minimum Gasteiger partial charge on any atom is -0.368 e. The Morgan fingerprint density at radius 3 is 2.23 bits per heavy atom. The number of carbonyl (C=O) groups is 1. The summed E-state index contributed by atoms with van der Waals surface area (Å²) in [6, 6.07) is 26.5. The van der Waals surface area contributed by atoms with E-state index in [1.165, 1.54) is 28.6 Å². The highest BCUT2D eigenvalue weighted by Crippen LogP contribution is 2.28. The van der Waals surface area contributed by atoms with Crippen molar-refractivity contribution in [2.45, 2.75) is 19.0 Å². The van der Waals surface area contributed by atoms with Crippen LogP contribution < -0.4 is 4.90 Å². The predicted molar refractivity (Wildman–Crippen MR) is 142 cm³/mol. The number of piperazine rings is 1. The van der Waals surface area contributed by atoms with Gasteiger partial charge in [-0.25, -0.2) is 0 Å². The van der Waals surface area contributed by atoms with Crippen molar-refractivity contribution in [1.82, 2.24) is 19.7 Å². The van der Waals surface area contributed by atoms with E-state index in [9.17, 15) is 4.79 Å². The van der Waals surface area contributed by atoms with Crippen LogP contribution in [0, 0.1) is 13.8 Å². The van der Waals surface area contributed by atoms with Crippen LogP contribution in [0.1, 0.15) is 11.1 Å². The average molecular weight is 484 g/mol. The smallest absolute Gasteiger partial charge is 0.233 e. The third-order valence-electron chi connectivity index (χ3n) is 6.55. The minimum atomic E-state index is 0.138. The SMILES string of the molecule is Cc1cccc(N2CCN(C(=O)CSc3nnc(-c4ccccc4)n3-c3ccccc3)CC2)c1C. The number of rotatable bonds is 6. The van der Waals surface area contributed by atoms with Gasteiger partial charge < -0.3 is 9.80 Å². The Morgan fingerprint density at radius 2 is 1.51 bits per heavy atom. The predicted octanol–water partition coefficient (Wildman–Crippen LogP) is 4.99. The monoisotopic (exact) mass is 483 g/mol. The Hall–Kier alpha value is -3.58. The van der Waals surface area contributed by atoms with Crippen molar-refractivity contribution >= 4 is 23.4 Å². The molecule has 0 saturated carbocycles. The van der Waals surface area contributed by atoms with Gasteiger partial charge in [0.05, 0.1) is 5.75 Å². The molecule has 178 valence electrons. The maximum absolute atomic E-state index is 13.1. The third kappa shape index (κ3) is 4.95. The van der Waals surface area contributed by atoms with Gasteiger partial charge in [-0.05, 0) is 43.2 Å². The fraction of sp³-hybridized carbons (Fsp3) is 0.250. The summed E-state index contributed by atoms with van der Waals surface area (Å²) in [5, 5.41) is 9.65. The second-order valence-electron chi connectivity index (χ2n) is 8.72. The number of amides is 1. The van der Waals surface area contributed by atoms with Crippen molar-refractivity contribution < 1.29 is 4.79 Å². The van der Waals surface area contributed by atoms with Gasteiger partial charge in [0.15, 0.2) is 11.0 Å². The number of hydrogen-bond acceptors (Lipinski definition) is 5. The van der Waals surface area contributed by atoms with Gasteiger partial charge in [0.2, 0.25) is 5.91 Å². The lowest BCUT2D eigenvalue weighted by Gasteiger charge is -2.37. The molecule has 0 spiro atoms. The molecule has 0 radical (unpaired) electrons. The molecule has 0 unspecified atom stereocenters. The highest BCUT2D eigenvalue weighted by atomic mass is 32.2. The summed E-state index contributed by atoms with van der Waals surface area (Å²) in [5.74, 6) is 1.25. The lowest BCUT2D eigenvalue weighted by atomic mass is 10.1. The Morgan fingerprint density at radius 1 is 0.829 bits per heavy atom.